The van der Waals surface area contributed by atoms with Gasteiger partial charge in [-0.3, -0.25) is 10.1 Å². The lowest BCUT2D eigenvalue weighted by Crippen LogP contribution is -2.24. The molecular formula is C24H43NO3. The number of nitrogens with one attached hydrogen (secondary N) is 1. The molecule has 1 unspecified atom stereocenters. The summed E-state index contributed by atoms with van der Waals surface area (Å²) in [7, 11) is 0. The van der Waals surface area contributed by atoms with Gasteiger partial charge in [0.05, 0.1) is 0 Å². The highest BCUT2D eigenvalue weighted by Crippen LogP contribution is 2.01. The third kappa shape index (κ3) is 32.1. The molecule has 3 N–H and O–H groups in total. The molecule has 0 heterocycles. The predicted molar refractivity (Wildman–Crippen MR) is 121 cm³/mol. The summed E-state index contributed by atoms with van der Waals surface area (Å²) in [5, 5.41) is 19.7. The van der Waals surface area contributed by atoms with Gasteiger partial charge in [-0.25, -0.2) is 0 Å². The van der Waals surface area contributed by atoms with E-state index in [0.717, 1.165) is 38.6 Å². The molecule has 0 rings (SSSR count). The van der Waals surface area contributed by atoms with Gasteiger partial charge < -0.3 is 10.2 Å². The lowest BCUT2D eigenvalue weighted by molar-refractivity contribution is -0.137. The van der Waals surface area contributed by atoms with E-state index in [4.69, 9.17) is 10.2 Å². The maximum Gasteiger partial charge on any atom is 0.303 e. The number of carbonyl (C=O) groups is 1. The molecule has 0 aromatic carbocycles. The van der Waals surface area contributed by atoms with Crippen molar-refractivity contribution in [3.63, 3.8) is 0 Å². The molecule has 0 spiro atoms. The average molecular weight is 394 g/mol. The quantitative estimate of drug-likeness (QED) is 0.167. The molecular weight excluding hydrogens is 350 g/mol. The van der Waals surface area contributed by atoms with E-state index in [2.05, 4.69) is 60.8 Å². The number of hydrogen-bond donors (Lipinski definition) is 3. The van der Waals surface area contributed by atoms with Crippen LogP contribution in [0, 0.1) is 0 Å². The molecule has 0 saturated heterocycles. The second-order valence-electron chi connectivity index (χ2n) is 6.61. The van der Waals surface area contributed by atoms with Crippen molar-refractivity contribution >= 4 is 5.97 Å². The summed E-state index contributed by atoms with van der Waals surface area (Å²) in [6, 6.07) is 0. The monoisotopic (exact) mass is 393 g/mol. The van der Waals surface area contributed by atoms with Gasteiger partial charge in [-0.15, -0.1) is 0 Å². The number of aliphatic carboxylic acids is 1. The van der Waals surface area contributed by atoms with Crippen LogP contribution in [-0.4, -0.2) is 29.0 Å². The van der Waals surface area contributed by atoms with E-state index in [1.807, 2.05) is 6.92 Å². The van der Waals surface area contributed by atoms with Gasteiger partial charge in [-0.2, -0.15) is 0 Å². The van der Waals surface area contributed by atoms with E-state index in [1.54, 1.807) is 6.92 Å². The van der Waals surface area contributed by atoms with Crippen molar-refractivity contribution in [2.24, 2.45) is 0 Å². The summed E-state index contributed by atoms with van der Waals surface area (Å²) < 4.78 is 0. The Bertz CT molecular complexity index is 437. The first kappa shape index (κ1) is 28.6. The van der Waals surface area contributed by atoms with Gasteiger partial charge in [0.2, 0.25) is 0 Å². The van der Waals surface area contributed by atoms with Gasteiger partial charge in [0.1, 0.15) is 6.23 Å². The van der Waals surface area contributed by atoms with E-state index in [1.165, 1.54) is 25.7 Å². The van der Waals surface area contributed by atoms with Crippen molar-refractivity contribution in [1.29, 1.82) is 0 Å². The summed E-state index contributed by atoms with van der Waals surface area (Å²) in [5.74, 6) is -0.712. The zero-order valence-corrected chi connectivity index (χ0v) is 18.3. The number of hydrogen-bond acceptors (Lipinski definition) is 3. The Morgan fingerprint density at radius 1 is 0.821 bits per heavy atom. The summed E-state index contributed by atoms with van der Waals surface area (Å²) in [6.45, 7) is 6.71. The molecule has 0 radical (unpaired) electrons. The minimum absolute atomic E-state index is 0.262. The van der Waals surface area contributed by atoms with Gasteiger partial charge in [0, 0.05) is 6.42 Å². The SMILES string of the molecule is CCCCC/C=C\C/C=C\C/C=C\C/C=C\CCCC(=O)O.CCNC(C)O. The topological polar surface area (TPSA) is 69.6 Å². The summed E-state index contributed by atoms with van der Waals surface area (Å²) in [6.07, 6.45) is 27.0. The number of unbranched alkanes of at least 4 members (excludes halogenated alkanes) is 4. The van der Waals surface area contributed by atoms with Crippen LogP contribution in [0.25, 0.3) is 0 Å². The highest BCUT2D eigenvalue weighted by molar-refractivity contribution is 5.66. The number of carboxylic acids is 1. The Kier molecular flexibility index (Phi) is 25.9. The maximum absolute atomic E-state index is 10.3. The molecule has 0 aliphatic carbocycles. The smallest absolute Gasteiger partial charge is 0.303 e. The van der Waals surface area contributed by atoms with Crippen LogP contribution >= 0.6 is 0 Å². The Morgan fingerprint density at radius 2 is 1.29 bits per heavy atom. The van der Waals surface area contributed by atoms with Crippen molar-refractivity contribution in [3.05, 3.63) is 48.6 Å². The van der Waals surface area contributed by atoms with Gasteiger partial charge in [-0.05, 0) is 58.4 Å². The Balaban J connectivity index is 0. The standard InChI is InChI=1S/C20H32O2.C4H11NO/c1-2-3-4-5-6-7-8-9-10-11-12-13-14-15-16-17-18-19-20(21)22;1-3-5-4(2)6/h6-7,9-10,12-13,15-16H,2-5,8,11,14,17-19H2,1H3,(H,21,22);4-6H,3H2,1-2H3/b7-6-,10-9-,13-12-,16-15-;. The molecule has 0 aromatic heterocycles. The molecule has 0 fully saturated rings. The third-order valence-corrected chi connectivity index (χ3v) is 3.72. The van der Waals surface area contributed by atoms with E-state index in [0.29, 0.717) is 0 Å². The number of carboxylic acid groups (broad SMARTS) is 1. The molecule has 1 atom stereocenters. The normalized spacial score (nSPS) is 12.9. The largest absolute Gasteiger partial charge is 0.481 e. The first-order valence-corrected chi connectivity index (χ1v) is 10.8. The second kappa shape index (κ2) is 25.4. The van der Waals surface area contributed by atoms with E-state index in [9.17, 15) is 4.79 Å². The molecule has 0 aliphatic heterocycles. The maximum atomic E-state index is 10.3. The highest BCUT2D eigenvalue weighted by atomic mass is 16.4. The number of allylic oxidation sites excluding steroid dienone is 8. The predicted octanol–water partition coefficient (Wildman–Crippen LogP) is 6.15. The van der Waals surface area contributed by atoms with Crippen LogP contribution in [0.4, 0.5) is 0 Å². The summed E-state index contributed by atoms with van der Waals surface area (Å²) in [5.41, 5.74) is 0. The molecule has 0 aliphatic rings. The van der Waals surface area contributed by atoms with Gasteiger partial charge in [-0.1, -0.05) is 75.3 Å². The lowest BCUT2D eigenvalue weighted by Gasteiger charge is -2.00. The first-order chi connectivity index (χ1) is 13.5. The molecule has 4 heteroatoms. The van der Waals surface area contributed by atoms with Crippen molar-refractivity contribution in [1.82, 2.24) is 5.32 Å². The van der Waals surface area contributed by atoms with Crippen molar-refractivity contribution in [3.8, 4) is 0 Å². The Morgan fingerprint density at radius 3 is 1.64 bits per heavy atom. The molecule has 0 aromatic rings. The molecule has 4 nitrogen and oxygen atoms in total. The van der Waals surface area contributed by atoms with E-state index >= 15 is 0 Å². The van der Waals surface area contributed by atoms with E-state index in [-0.39, 0.29) is 12.6 Å². The second-order valence-corrected chi connectivity index (χ2v) is 6.61. The molecule has 162 valence electrons. The van der Waals surface area contributed by atoms with Gasteiger partial charge >= 0.3 is 5.97 Å². The highest BCUT2D eigenvalue weighted by Gasteiger charge is 1.92. The fourth-order valence-corrected chi connectivity index (χ4v) is 2.23. The fourth-order valence-electron chi connectivity index (χ4n) is 2.23. The van der Waals surface area contributed by atoms with Gasteiger partial charge in [0.15, 0.2) is 0 Å². The number of aliphatic hydroxyl groups is 1. The van der Waals surface area contributed by atoms with Crippen LogP contribution in [0.3, 0.4) is 0 Å². The minimum atomic E-state index is -0.712. The van der Waals surface area contributed by atoms with E-state index < -0.39 is 5.97 Å². The zero-order chi connectivity index (χ0) is 21.3. The lowest BCUT2D eigenvalue weighted by atomic mass is 10.2. The van der Waals surface area contributed by atoms with Crippen molar-refractivity contribution < 1.29 is 15.0 Å². The van der Waals surface area contributed by atoms with Crippen LogP contribution in [-0.2, 0) is 4.79 Å². The van der Waals surface area contributed by atoms with Crippen LogP contribution in [0.5, 0.6) is 0 Å². The summed E-state index contributed by atoms with van der Waals surface area (Å²) >= 11 is 0. The van der Waals surface area contributed by atoms with Crippen molar-refractivity contribution in [2.45, 2.75) is 91.2 Å². The Labute approximate surface area is 173 Å². The molecule has 0 amide bonds. The molecule has 0 saturated carbocycles. The minimum Gasteiger partial charge on any atom is -0.481 e. The number of aliphatic hydroxyl groups excluding tert-OH is 1. The van der Waals surface area contributed by atoms with Crippen LogP contribution in [0.2, 0.25) is 0 Å². The van der Waals surface area contributed by atoms with Gasteiger partial charge in [0.25, 0.3) is 0 Å². The fraction of sp³-hybridized carbons (Fsp3) is 0.625. The number of rotatable bonds is 16. The third-order valence-electron chi connectivity index (χ3n) is 3.72. The first-order valence-electron chi connectivity index (χ1n) is 10.8. The van der Waals surface area contributed by atoms with Crippen molar-refractivity contribution in [2.75, 3.05) is 6.54 Å². The van der Waals surface area contributed by atoms with Crippen LogP contribution in [0.15, 0.2) is 48.6 Å². The van der Waals surface area contributed by atoms with Crippen LogP contribution in [0.1, 0.15) is 85.0 Å². The zero-order valence-electron chi connectivity index (χ0n) is 18.3. The van der Waals surface area contributed by atoms with Crippen LogP contribution < -0.4 is 5.32 Å². The molecule has 28 heavy (non-hydrogen) atoms. The Hall–Kier alpha value is -1.65. The average Bonchev–Trinajstić information content (AvgIpc) is 2.64. The summed E-state index contributed by atoms with van der Waals surface area (Å²) in [4.78, 5) is 10.3. The molecule has 0 bridgehead atoms.